The maximum Gasteiger partial charge on any atom is 0.239 e. The fourth-order valence-corrected chi connectivity index (χ4v) is 2.00. The average Bonchev–Trinajstić information content (AvgIpc) is 2.31. The summed E-state index contributed by atoms with van der Waals surface area (Å²) in [6.45, 7) is 7.96. The lowest BCUT2D eigenvalue weighted by molar-refractivity contribution is -0.122. The molecule has 0 atom stereocenters. The third-order valence-electron chi connectivity index (χ3n) is 2.66. The normalized spacial score (nSPS) is 11.0. The summed E-state index contributed by atoms with van der Waals surface area (Å²) in [5.41, 5.74) is 1.56. The van der Waals surface area contributed by atoms with Crippen LogP contribution in [0.15, 0.2) is 18.2 Å². The summed E-state index contributed by atoms with van der Waals surface area (Å²) < 4.78 is 0. The monoisotopic (exact) mass is 327 g/mol. The van der Waals surface area contributed by atoms with Crippen LogP contribution >= 0.6 is 23.8 Å². The van der Waals surface area contributed by atoms with Crippen LogP contribution in [0.4, 0.5) is 5.69 Å². The fraction of sp³-hybridized carbons (Fsp3) is 0.467. The minimum atomic E-state index is -0.253. The van der Waals surface area contributed by atoms with E-state index in [2.05, 4.69) is 10.6 Å². The molecule has 116 valence electrons. The zero-order valence-electron chi connectivity index (χ0n) is 13.1. The highest BCUT2D eigenvalue weighted by atomic mass is 35.5. The summed E-state index contributed by atoms with van der Waals surface area (Å²) in [5, 5.41) is 7.12. The minimum absolute atomic E-state index is 0.0731. The molecule has 0 aliphatic carbocycles. The van der Waals surface area contributed by atoms with E-state index in [0.717, 1.165) is 11.3 Å². The van der Waals surface area contributed by atoms with Crippen LogP contribution < -0.4 is 10.6 Å². The van der Waals surface area contributed by atoms with Crippen LogP contribution in [0.3, 0.4) is 0 Å². The number of aryl methyl sites for hydroxylation is 1. The van der Waals surface area contributed by atoms with Gasteiger partial charge in [-0.05, 0) is 57.6 Å². The lowest BCUT2D eigenvalue weighted by Gasteiger charge is -2.25. The van der Waals surface area contributed by atoms with Crippen molar-refractivity contribution in [2.75, 3.05) is 18.9 Å². The molecule has 1 rings (SSSR count). The summed E-state index contributed by atoms with van der Waals surface area (Å²) >= 11 is 11.4. The van der Waals surface area contributed by atoms with Crippen LogP contribution in [0.25, 0.3) is 0 Å². The van der Waals surface area contributed by atoms with Gasteiger partial charge in [0.2, 0.25) is 5.91 Å². The Labute approximate surface area is 136 Å². The number of hydrogen-bond donors (Lipinski definition) is 2. The van der Waals surface area contributed by atoms with Crippen molar-refractivity contribution in [1.29, 1.82) is 0 Å². The number of anilines is 1. The quantitative estimate of drug-likeness (QED) is 0.837. The van der Waals surface area contributed by atoms with Gasteiger partial charge in [-0.1, -0.05) is 17.7 Å². The predicted molar refractivity (Wildman–Crippen MR) is 92.9 cm³/mol. The maximum absolute atomic E-state index is 11.9. The highest BCUT2D eigenvalue weighted by Crippen LogP contribution is 2.20. The van der Waals surface area contributed by atoms with Crippen LogP contribution in [-0.2, 0) is 4.79 Å². The number of rotatable bonds is 3. The van der Waals surface area contributed by atoms with Crippen LogP contribution in [0.2, 0.25) is 5.02 Å². The minimum Gasteiger partial charge on any atom is -0.350 e. The van der Waals surface area contributed by atoms with Crippen LogP contribution in [0.1, 0.15) is 26.3 Å². The first-order valence-corrected chi connectivity index (χ1v) is 7.46. The predicted octanol–water partition coefficient (Wildman–Crippen LogP) is 3.19. The third-order valence-corrected chi connectivity index (χ3v) is 3.49. The van der Waals surface area contributed by atoms with E-state index in [1.54, 1.807) is 11.9 Å². The lowest BCUT2D eigenvalue weighted by Crippen LogP contribution is -2.47. The van der Waals surface area contributed by atoms with Crippen molar-refractivity contribution < 1.29 is 4.79 Å². The zero-order valence-corrected chi connectivity index (χ0v) is 14.7. The van der Waals surface area contributed by atoms with Gasteiger partial charge in [-0.2, -0.15) is 0 Å². The molecule has 2 N–H and O–H groups in total. The number of hydrogen-bond acceptors (Lipinski definition) is 2. The molecule has 0 fully saturated rings. The SMILES string of the molecule is Cc1ccc(NC(=S)N(C)CC(=O)NC(C)(C)C)cc1Cl. The van der Waals surface area contributed by atoms with Gasteiger partial charge in [0.15, 0.2) is 5.11 Å². The summed E-state index contributed by atoms with van der Waals surface area (Å²) in [6, 6.07) is 5.63. The van der Waals surface area contributed by atoms with Crippen molar-refractivity contribution in [1.82, 2.24) is 10.2 Å². The molecular formula is C15H22ClN3OS. The molecule has 0 saturated heterocycles. The molecule has 0 radical (unpaired) electrons. The first-order chi connectivity index (χ1) is 9.58. The number of halogens is 1. The smallest absolute Gasteiger partial charge is 0.239 e. The van der Waals surface area contributed by atoms with Gasteiger partial charge < -0.3 is 15.5 Å². The second-order valence-corrected chi connectivity index (χ2v) is 6.84. The number of likely N-dealkylation sites (N-methyl/N-ethyl adjacent to an activating group) is 1. The van der Waals surface area contributed by atoms with Crippen molar-refractivity contribution >= 4 is 40.5 Å². The molecule has 0 saturated carbocycles. The molecule has 1 amide bonds. The van der Waals surface area contributed by atoms with Gasteiger partial charge in [0.05, 0.1) is 6.54 Å². The van der Waals surface area contributed by atoms with Crippen molar-refractivity contribution in [2.45, 2.75) is 33.2 Å². The van der Waals surface area contributed by atoms with E-state index in [0.29, 0.717) is 10.1 Å². The number of nitrogens with one attached hydrogen (secondary N) is 2. The Kier molecular flexibility index (Phi) is 5.98. The summed E-state index contributed by atoms with van der Waals surface area (Å²) in [6.07, 6.45) is 0. The number of thiocarbonyl (C=S) groups is 1. The first kappa shape index (κ1) is 17.7. The lowest BCUT2D eigenvalue weighted by atomic mass is 10.1. The second kappa shape index (κ2) is 7.09. The molecule has 0 aromatic heterocycles. The third kappa shape index (κ3) is 6.31. The molecule has 21 heavy (non-hydrogen) atoms. The van der Waals surface area contributed by atoms with Gasteiger partial charge in [0.25, 0.3) is 0 Å². The van der Waals surface area contributed by atoms with E-state index in [4.69, 9.17) is 23.8 Å². The Balaban J connectivity index is 2.58. The van der Waals surface area contributed by atoms with Crippen LogP contribution in [0.5, 0.6) is 0 Å². The van der Waals surface area contributed by atoms with Crippen molar-refractivity contribution in [2.24, 2.45) is 0 Å². The van der Waals surface area contributed by atoms with E-state index in [-0.39, 0.29) is 18.0 Å². The Morgan fingerprint density at radius 1 is 1.38 bits per heavy atom. The number of carbonyl (C=O) groups is 1. The molecule has 1 aromatic carbocycles. The average molecular weight is 328 g/mol. The van der Waals surface area contributed by atoms with Crippen LogP contribution in [-0.4, -0.2) is 35.1 Å². The first-order valence-electron chi connectivity index (χ1n) is 6.68. The molecule has 0 bridgehead atoms. The maximum atomic E-state index is 11.9. The standard InChI is InChI=1S/C15H22ClN3OS/c1-10-6-7-11(8-12(10)16)17-14(21)19(5)9-13(20)18-15(2,3)4/h6-8H,9H2,1-5H3,(H,17,21)(H,18,20). The zero-order chi connectivity index (χ0) is 16.2. The van der Waals surface area contributed by atoms with Crippen LogP contribution in [0, 0.1) is 6.92 Å². The van der Waals surface area contributed by atoms with Crippen molar-refractivity contribution in [3.8, 4) is 0 Å². The Bertz CT molecular complexity index is 540. The van der Waals surface area contributed by atoms with E-state index >= 15 is 0 Å². The molecule has 1 aromatic rings. The second-order valence-electron chi connectivity index (χ2n) is 6.05. The van der Waals surface area contributed by atoms with E-state index in [1.165, 1.54) is 0 Å². The molecule has 0 aliphatic heterocycles. The van der Waals surface area contributed by atoms with Crippen molar-refractivity contribution in [3.63, 3.8) is 0 Å². The van der Waals surface area contributed by atoms with E-state index < -0.39 is 0 Å². The van der Waals surface area contributed by atoms with Gasteiger partial charge in [-0.15, -0.1) is 0 Å². The largest absolute Gasteiger partial charge is 0.350 e. The van der Waals surface area contributed by atoms with E-state index in [9.17, 15) is 4.79 Å². The topological polar surface area (TPSA) is 44.4 Å². The molecule has 6 heteroatoms. The summed E-state index contributed by atoms with van der Waals surface area (Å²) in [5.74, 6) is -0.0731. The molecule has 0 unspecified atom stereocenters. The number of amides is 1. The highest BCUT2D eigenvalue weighted by molar-refractivity contribution is 7.80. The number of nitrogens with zero attached hydrogens (tertiary/aromatic N) is 1. The molecule has 4 nitrogen and oxygen atoms in total. The fourth-order valence-electron chi connectivity index (χ4n) is 1.63. The molecule has 0 heterocycles. The van der Waals surface area contributed by atoms with Gasteiger partial charge >= 0.3 is 0 Å². The Morgan fingerprint density at radius 2 is 2.00 bits per heavy atom. The number of carbonyl (C=O) groups excluding carboxylic acids is 1. The van der Waals surface area contributed by atoms with Gasteiger partial charge in [0, 0.05) is 23.3 Å². The summed E-state index contributed by atoms with van der Waals surface area (Å²) in [4.78, 5) is 13.5. The number of benzene rings is 1. The van der Waals surface area contributed by atoms with Crippen molar-refractivity contribution in [3.05, 3.63) is 28.8 Å². The molecule has 0 spiro atoms. The van der Waals surface area contributed by atoms with E-state index in [1.807, 2.05) is 45.9 Å². The van der Waals surface area contributed by atoms with Gasteiger partial charge in [-0.25, -0.2) is 0 Å². The highest BCUT2D eigenvalue weighted by Gasteiger charge is 2.16. The summed E-state index contributed by atoms with van der Waals surface area (Å²) in [7, 11) is 1.77. The molecular weight excluding hydrogens is 306 g/mol. The van der Waals surface area contributed by atoms with Gasteiger partial charge in [-0.3, -0.25) is 4.79 Å². The molecule has 0 aliphatic rings. The van der Waals surface area contributed by atoms with Gasteiger partial charge in [0.1, 0.15) is 0 Å². The Morgan fingerprint density at radius 3 is 2.52 bits per heavy atom. The Hall–Kier alpha value is -1.33.